The first-order valence-electron chi connectivity index (χ1n) is 11.3. The molecular formula is C23H27N3O7S. The van der Waals surface area contributed by atoms with Gasteiger partial charge in [-0.1, -0.05) is 12.1 Å². The minimum absolute atomic E-state index is 0.134. The molecule has 182 valence electrons. The summed E-state index contributed by atoms with van der Waals surface area (Å²) in [5.74, 6) is 2.23. The van der Waals surface area contributed by atoms with Crippen molar-refractivity contribution in [3.8, 4) is 23.0 Å². The molecule has 5 rings (SSSR count). The zero-order valence-corrected chi connectivity index (χ0v) is 19.5. The van der Waals surface area contributed by atoms with E-state index in [2.05, 4.69) is 5.32 Å². The fraction of sp³-hybridized carbons (Fsp3) is 0.435. The van der Waals surface area contributed by atoms with Crippen LogP contribution < -0.4 is 24.3 Å². The van der Waals surface area contributed by atoms with Gasteiger partial charge in [0.2, 0.25) is 15.9 Å². The van der Waals surface area contributed by atoms with Crippen LogP contribution in [0.3, 0.4) is 0 Å². The van der Waals surface area contributed by atoms with Gasteiger partial charge < -0.3 is 24.3 Å². The molecule has 1 N–H and O–H groups in total. The average Bonchev–Trinajstić information content (AvgIpc) is 2.87. The van der Waals surface area contributed by atoms with E-state index in [0.29, 0.717) is 75.5 Å². The van der Waals surface area contributed by atoms with Crippen LogP contribution in [0.15, 0.2) is 47.4 Å². The monoisotopic (exact) mass is 489 g/mol. The number of fused-ring (bicyclic) bond motifs is 2. The molecule has 11 heteroatoms. The number of amides is 1. The highest BCUT2D eigenvalue weighted by atomic mass is 32.2. The van der Waals surface area contributed by atoms with Crippen LogP contribution in [0.1, 0.15) is 0 Å². The smallest absolute Gasteiger partial charge is 0.243 e. The Labute approximate surface area is 198 Å². The summed E-state index contributed by atoms with van der Waals surface area (Å²) in [7, 11) is -3.66. The van der Waals surface area contributed by atoms with Gasteiger partial charge in [0.1, 0.15) is 25.9 Å². The number of nitrogens with one attached hydrogen (secondary N) is 1. The average molecular weight is 490 g/mol. The van der Waals surface area contributed by atoms with Crippen LogP contribution in [0, 0.1) is 0 Å². The Morgan fingerprint density at radius 1 is 0.912 bits per heavy atom. The Morgan fingerprint density at radius 2 is 1.62 bits per heavy atom. The summed E-state index contributed by atoms with van der Waals surface area (Å²) in [5.41, 5.74) is 0. The molecule has 0 saturated carbocycles. The highest BCUT2D eigenvalue weighted by molar-refractivity contribution is 7.89. The van der Waals surface area contributed by atoms with Gasteiger partial charge in [0, 0.05) is 32.2 Å². The maximum atomic E-state index is 13.1. The molecule has 0 bridgehead atoms. The summed E-state index contributed by atoms with van der Waals surface area (Å²) in [4.78, 5) is 14.6. The molecule has 1 atom stereocenters. The van der Waals surface area contributed by atoms with Crippen LogP contribution >= 0.6 is 0 Å². The lowest BCUT2D eigenvalue weighted by Crippen LogP contribution is -2.51. The van der Waals surface area contributed by atoms with Crippen molar-refractivity contribution in [2.24, 2.45) is 0 Å². The van der Waals surface area contributed by atoms with Gasteiger partial charge in [-0.2, -0.15) is 4.31 Å². The van der Waals surface area contributed by atoms with Crippen LogP contribution in [0.2, 0.25) is 0 Å². The van der Waals surface area contributed by atoms with Gasteiger partial charge >= 0.3 is 0 Å². The molecule has 0 spiro atoms. The first-order valence-corrected chi connectivity index (χ1v) is 12.7. The number of hydrogen-bond donors (Lipinski definition) is 1. The molecule has 1 fully saturated rings. The minimum Gasteiger partial charge on any atom is -0.486 e. The number of rotatable bonds is 6. The fourth-order valence-electron chi connectivity index (χ4n) is 4.11. The van der Waals surface area contributed by atoms with E-state index in [4.69, 9.17) is 18.9 Å². The number of carbonyl (C=O) groups excluding carboxylic acids is 1. The zero-order chi connectivity index (χ0) is 23.5. The lowest BCUT2D eigenvalue weighted by Gasteiger charge is -2.33. The molecule has 2 aromatic carbocycles. The van der Waals surface area contributed by atoms with E-state index in [1.807, 2.05) is 29.2 Å². The highest BCUT2D eigenvalue weighted by Crippen LogP contribution is 2.33. The van der Waals surface area contributed by atoms with E-state index in [1.165, 1.54) is 16.4 Å². The predicted molar refractivity (Wildman–Crippen MR) is 122 cm³/mol. The van der Waals surface area contributed by atoms with Gasteiger partial charge in [0.15, 0.2) is 23.0 Å². The second-order valence-corrected chi connectivity index (χ2v) is 10.2. The number of piperazine rings is 1. The normalized spacial score (nSPS) is 20.5. The Morgan fingerprint density at radius 3 is 2.41 bits per heavy atom. The van der Waals surface area contributed by atoms with Gasteiger partial charge in [0.05, 0.1) is 18.0 Å². The number of carbonyl (C=O) groups is 1. The summed E-state index contributed by atoms with van der Waals surface area (Å²) in [6.45, 7) is 3.29. The second kappa shape index (κ2) is 9.69. The number of sulfonamides is 1. The number of hydrogen-bond acceptors (Lipinski definition) is 8. The van der Waals surface area contributed by atoms with Crippen molar-refractivity contribution in [1.29, 1.82) is 0 Å². The number of para-hydroxylation sites is 2. The Bertz CT molecular complexity index is 1150. The summed E-state index contributed by atoms with van der Waals surface area (Å²) in [5, 5.41) is 2.88. The van der Waals surface area contributed by atoms with Crippen LogP contribution in [0.4, 0.5) is 0 Å². The van der Waals surface area contributed by atoms with Gasteiger partial charge in [-0.3, -0.25) is 9.69 Å². The van der Waals surface area contributed by atoms with Crippen molar-refractivity contribution in [2.45, 2.75) is 11.0 Å². The molecule has 1 unspecified atom stereocenters. The summed E-state index contributed by atoms with van der Waals surface area (Å²) < 4.78 is 50.1. The van der Waals surface area contributed by atoms with Crippen LogP contribution in [0.25, 0.3) is 0 Å². The van der Waals surface area contributed by atoms with E-state index in [-0.39, 0.29) is 23.5 Å². The van der Waals surface area contributed by atoms with Gasteiger partial charge in [-0.05, 0) is 24.3 Å². The number of benzene rings is 2. The third kappa shape index (κ3) is 4.91. The molecule has 0 radical (unpaired) electrons. The summed E-state index contributed by atoms with van der Waals surface area (Å²) in [6, 6.07) is 12.1. The second-order valence-electron chi connectivity index (χ2n) is 8.29. The molecule has 1 saturated heterocycles. The molecule has 2 aromatic rings. The summed E-state index contributed by atoms with van der Waals surface area (Å²) >= 11 is 0. The molecule has 3 aliphatic rings. The van der Waals surface area contributed by atoms with Crippen molar-refractivity contribution in [3.05, 3.63) is 42.5 Å². The van der Waals surface area contributed by atoms with Gasteiger partial charge in [-0.25, -0.2) is 8.42 Å². The number of ether oxygens (including phenoxy) is 4. The van der Waals surface area contributed by atoms with E-state index in [1.54, 1.807) is 6.07 Å². The Balaban J connectivity index is 1.09. The maximum absolute atomic E-state index is 13.1. The lowest BCUT2D eigenvalue weighted by molar-refractivity contribution is -0.123. The Kier molecular flexibility index (Phi) is 6.48. The molecular weight excluding hydrogens is 462 g/mol. The summed E-state index contributed by atoms with van der Waals surface area (Å²) in [6.07, 6.45) is -0.258. The van der Waals surface area contributed by atoms with Crippen molar-refractivity contribution in [3.63, 3.8) is 0 Å². The van der Waals surface area contributed by atoms with E-state index < -0.39 is 10.0 Å². The molecule has 34 heavy (non-hydrogen) atoms. The van der Waals surface area contributed by atoms with Crippen LogP contribution in [0.5, 0.6) is 23.0 Å². The van der Waals surface area contributed by atoms with Crippen molar-refractivity contribution < 1.29 is 32.2 Å². The molecule has 1 amide bonds. The van der Waals surface area contributed by atoms with Crippen molar-refractivity contribution in [2.75, 3.05) is 59.1 Å². The Hall–Kier alpha value is -3.02. The van der Waals surface area contributed by atoms with E-state index >= 15 is 0 Å². The zero-order valence-electron chi connectivity index (χ0n) is 18.6. The maximum Gasteiger partial charge on any atom is 0.243 e. The quantitative estimate of drug-likeness (QED) is 0.633. The SMILES string of the molecule is O=C(CN1CCN(S(=O)(=O)c2ccc3c(c2)OCCO3)CC1)NCC1COc2ccccc2O1. The van der Waals surface area contributed by atoms with E-state index in [0.717, 1.165) is 0 Å². The molecule has 3 aliphatic heterocycles. The topological polar surface area (TPSA) is 107 Å². The van der Waals surface area contributed by atoms with Gasteiger partial charge in [-0.15, -0.1) is 0 Å². The highest BCUT2D eigenvalue weighted by Gasteiger charge is 2.30. The first kappa shape index (κ1) is 22.8. The number of nitrogens with zero attached hydrogens (tertiary/aromatic N) is 2. The first-order chi connectivity index (χ1) is 16.5. The van der Waals surface area contributed by atoms with Crippen LogP contribution in [-0.2, 0) is 14.8 Å². The fourth-order valence-corrected chi connectivity index (χ4v) is 5.55. The lowest BCUT2D eigenvalue weighted by atomic mass is 10.2. The largest absolute Gasteiger partial charge is 0.486 e. The third-order valence-corrected chi connectivity index (χ3v) is 7.84. The molecule has 10 nitrogen and oxygen atoms in total. The minimum atomic E-state index is -3.66. The van der Waals surface area contributed by atoms with E-state index in [9.17, 15) is 13.2 Å². The molecule has 0 aliphatic carbocycles. The standard InChI is InChI=1S/C23H27N3O7S/c27-23(24-14-17-16-32-19-3-1-2-4-21(19)33-17)15-25-7-9-26(10-8-25)34(28,29)18-5-6-20-22(13-18)31-12-11-30-20/h1-6,13,17H,7-12,14-16H2,(H,24,27). The molecule has 0 aromatic heterocycles. The third-order valence-electron chi connectivity index (χ3n) is 5.94. The van der Waals surface area contributed by atoms with Crippen molar-refractivity contribution >= 4 is 15.9 Å². The molecule has 3 heterocycles. The van der Waals surface area contributed by atoms with Crippen molar-refractivity contribution in [1.82, 2.24) is 14.5 Å². The van der Waals surface area contributed by atoms with Crippen LogP contribution in [-0.4, -0.2) is 88.7 Å². The van der Waals surface area contributed by atoms with Gasteiger partial charge in [0.25, 0.3) is 0 Å². The predicted octanol–water partition coefficient (Wildman–Crippen LogP) is 0.720.